The Balaban J connectivity index is 1.42. The van der Waals surface area contributed by atoms with Gasteiger partial charge in [0.05, 0.1) is 17.4 Å². The number of piperidine rings is 1. The molecule has 1 saturated heterocycles. The number of hydrogen-bond acceptors (Lipinski definition) is 7. The number of halogens is 2. The van der Waals surface area contributed by atoms with E-state index < -0.39 is 6.61 Å². The fourth-order valence-electron chi connectivity index (χ4n) is 4.84. The lowest BCUT2D eigenvalue weighted by Gasteiger charge is -2.31. The molecule has 4 aromatic rings. The topological polar surface area (TPSA) is 104 Å². The second-order valence-corrected chi connectivity index (χ2v) is 9.36. The first kappa shape index (κ1) is 25.7. The van der Waals surface area contributed by atoms with Crippen LogP contribution in [-0.2, 0) is 13.6 Å². The lowest BCUT2D eigenvalue weighted by molar-refractivity contribution is -0.0505. The number of rotatable bonds is 7. The van der Waals surface area contributed by atoms with Crippen molar-refractivity contribution < 1.29 is 13.5 Å². The SMILES string of the molecule is Cn1c(=O)c2ccc(-c3cnc(N4CCC(C(N)=NS)CC4)nc3)cc2n1Cc1ccccc1OC(F)F. The van der Waals surface area contributed by atoms with Gasteiger partial charge in [0.25, 0.3) is 5.56 Å². The minimum absolute atomic E-state index is 0.0709. The third-order valence-electron chi connectivity index (χ3n) is 6.95. The summed E-state index contributed by atoms with van der Waals surface area (Å²) in [5.74, 6) is 1.49. The molecule has 9 nitrogen and oxygen atoms in total. The third kappa shape index (κ3) is 5.08. The molecule has 5 rings (SSSR count). The Hall–Kier alpha value is -3.93. The molecular formula is C26H27F2N7O2S. The summed E-state index contributed by atoms with van der Waals surface area (Å²) < 4.78 is 37.5. The van der Waals surface area contributed by atoms with Crippen LogP contribution in [0.2, 0.25) is 0 Å². The van der Waals surface area contributed by atoms with E-state index in [1.165, 1.54) is 10.7 Å². The van der Waals surface area contributed by atoms with Crippen LogP contribution in [0.4, 0.5) is 14.7 Å². The van der Waals surface area contributed by atoms with Crippen molar-refractivity contribution in [3.63, 3.8) is 0 Å². The van der Waals surface area contributed by atoms with E-state index in [1.807, 2.05) is 12.1 Å². The number of nitrogens with zero attached hydrogens (tertiary/aromatic N) is 6. The van der Waals surface area contributed by atoms with Gasteiger partial charge >= 0.3 is 6.61 Å². The number of aromatic nitrogens is 4. The molecule has 2 N–H and O–H groups in total. The molecule has 0 radical (unpaired) electrons. The predicted molar refractivity (Wildman–Crippen MR) is 146 cm³/mol. The lowest BCUT2D eigenvalue weighted by atomic mass is 9.96. The highest BCUT2D eigenvalue weighted by Gasteiger charge is 2.23. The number of hydrogen-bond donors (Lipinski definition) is 2. The van der Waals surface area contributed by atoms with Crippen molar-refractivity contribution in [3.8, 4) is 16.9 Å². The summed E-state index contributed by atoms with van der Waals surface area (Å²) in [5, 5.41) is 0.521. The summed E-state index contributed by atoms with van der Waals surface area (Å²) in [5.41, 5.74) is 8.55. The Kier molecular flexibility index (Phi) is 7.32. The van der Waals surface area contributed by atoms with Crippen LogP contribution in [0, 0.1) is 5.92 Å². The van der Waals surface area contributed by atoms with Gasteiger partial charge in [0.2, 0.25) is 5.95 Å². The number of para-hydroxylation sites is 1. The third-order valence-corrected chi connectivity index (χ3v) is 7.19. The average Bonchev–Trinajstić information content (AvgIpc) is 3.17. The molecule has 1 aliphatic heterocycles. The molecule has 0 aliphatic carbocycles. The summed E-state index contributed by atoms with van der Waals surface area (Å²) in [6.45, 7) is -1.22. The Morgan fingerprint density at radius 3 is 2.55 bits per heavy atom. The van der Waals surface area contributed by atoms with Crippen molar-refractivity contribution in [2.45, 2.75) is 26.0 Å². The molecule has 0 atom stereocenters. The first-order valence-corrected chi connectivity index (χ1v) is 12.5. The number of anilines is 1. The molecule has 198 valence electrons. The molecule has 2 aromatic carbocycles. The standard InChI is InChI=1S/C26H27F2N7O2S/c1-33-24(36)20-7-6-17(12-21(20)35(33)15-18-4-2-3-5-22(18)37-25(27)28)19-13-30-26(31-14-19)34-10-8-16(9-11-34)23(29)32-38/h2-7,12-14,16,25,38H,8-11,15H2,1H3,(H2,29,32). The average molecular weight is 540 g/mol. The zero-order chi connectivity index (χ0) is 26.8. The number of alkyl halides is 2. The normalized spacial score (nSPS) is 15.0. The van der Waals surface area contributed by atoms with E-state index >= 15 is 0 Å². The zero-order valence-electron chi connectivity index (χ0n) is 20.7. The van der Waals surface area contributed by atoms with Gasteiger partial charge in [0.1, 0.15) is 11.6 Å². The van der Waals surface area contributed by atoms with Crippen LogP contribution in [0.15, 0.2) is 64.1 Å². The van der Waals surface area contributed by atoms with Crippen LogP contribution in [0.1, 0.15) is 18.4 Å². The van der Waals surface area contributed by atoms with Crippen LogP contribution in [0.3, 0.4) is 0 Å². The predicted octanol–water partition coefficient (Wildman–Crippen LogP) is 3.87. The maximum absolute atomic E-state index is 12.9. The number of fused-ring (bicyclic) bond motifs is 1. The Labute approximate surface area is 223 Å². The number of benzene rings is 2. The molecule has 2 aromatic heterocycles. The molecular weight excluding hydrogens is 512 g/mol. The second-order valence-electron chi connectivity index (χ2n) is 9.16. The largest absolute Gasteiger partial charge is 0.434 e. The Morgan fingerprint density at radius 1 is 1.16 bits per heavy atom. The summed E-state index contributed by atoms with van der Waals surface area (Å²) in [7, 11) is 1.65. The highest BCUT2D eigenvalue weighted by molar-refractivity contribution is 7.79. The van der Waals surface area contributed by atoms with Gasteiger partial charge in [-0.1, -0.05) is 24.3 Å². The van der Waals surface area contributed by atoms with Crippen LogP contribution in [0.5, 0.6) is 5.75 Å². The molecule has 38 heavy (non-hydrogen) atoms. The van der Waals surface area contributed by atoms with Crippen molar-refractivity contribution in [2.24, 2.45) is 23.1 Å². The van der Waals surface area contributed by atoms with Gasteiger partial charge in [-0.25, -0.2) is 14.4 Å². The highest BCUT2D eigenvalue weighted by atomic mass is 32.1. The Morgan fingerprint density at radius 2 is 1.87 bits per heavy atom. The fourth-order valence-corrected chi connectivity index (χ4v) is 5.00. The van der Waals surface area contributed by atoms with Crippen LogP contribution < -0.4 is 20.9 Å². The monoisotopic (exact) mass is 539 g/mol. The van der Waals surface area contributed by atoms with Crippen molar-refractivity contribution in [1.29, 1.82) is 0 Å². The molecule has 12 heteroatoms. The molecule has 0 saturated carbocycles. The number of nitrogens with two attached hydrogens (primary N) is 1. The molecule has 1 fully saturated rings. The van der Waals surface area contributed by atoms with Crippen LogP contribution in [-0.4, -0.2) is 44.9 Å². The van der Waals surface area contributed by atoms with E-state index in [9.17, 15) is 13.6 Å². The van der Waals surface area contributed by atoms with E-state index in [1.54, 1.807) is 48.4 Å². The summed E-state index contributed by atoms with van der Waals surface area (Å²) in [4.78, 5) is 24.2. The van der Waals surface area contributed by atoms with Crippen molar-refractivity contribution in [2.75, 3.05) is 18.0 Å². The quantitative estimate of drug-likeness (QED) is 0.210. The summed E-state index contributed by atoms with van der Waals surface area (Å²) >= 11 is 3.91. The maximum Gasteiger partial charge on any atom is 0.387 e. The lowest BCUT2D eigenvalue weighted by Crippen LogP contribution is -2.39. The van der Waals surface area contributed by atoms with E-state index in [-0.39, 0.29) is 23.8 Å². The molecule has 1 aliphatic rings. The molecule has 0 amide bonds. The Bertz CT molecular complexity index is 1530. The molecule has 0 unspecified atom stereocenters. The first-order chi connectivity index (χ1) is 18.4. The number of thiol groups is 1. The van der Waals surface area contributed by atoms with Gasteiger partial charge in [-0.05, 0) is 49.4 Å². The second kappa shape index (κ2) is 10.8. The van der Waals surface area contributed by atoms with Gasteiger partial charge in [-0.3, -0.25) is 14.2 Å². The molecule has 0 bridgehead atoms. The van der Waals surface area contributed by atoms with Crippen LogP contribution in [0.25, 0.3) is 22.0 Å². The minimum Gasteiger partial charge on any atom is -0.434 e. The van der Waals surface area contributed by atoms with E-state index in [2.05, 4.69) is 36.8 Å². The minimum atomic E-state index is -2.94. The fraction of sp³-hybridized carbons (Fsp3) is 0.308. The summed E-state index contributed by atoms with van der Waals surface area (Å²) in [6, 6.07) is 12.1. The smallest absolute Gasteiger partial charge is 0.387 e. The van der Waals surface area contributed by atoms with Gasteiger partial charge in [0, 0.05) is 49.6 Å². The molecule has 3 heterocycles. The number of ether oxygens (including phenoxy) is 1. The van der Waals surface area contributed by atoms with E-state index in [0.717, 1.165) is 37.1 Å². The first-order valence-electron chi connectivity index (χ1n) is 12.1. The van der Waals surface area contributed by atoms with Crippen LogP contribution >= 0.6 is 12.8 Å². The van der Waals surface area contributed by atoms with Crippen molar-refractivity contribution >= 4 is 35.5 Å². The maximum atomic E-state index is 12.9. The van der Waals surface area contributed by atoms with E-state index in [0.29, 0.717) is 28.3 Å². The van der Waals surface area contributed by atoms with Crippen molar-refractivity contribution in [1.82, 2.24) is 19.3 Å². The van der Waals surface area contributed by atoms with Crippen molar-refractivity contribution in [3.05, 3.63) is 70.8 Å². The van der Waals surface area contributed by atoms with Gasteiger partial charge < -0.3 is 15.4 Å². The summed E-state index contributed by atoms with van der Waals surface area (Å²) in [6.07, 6.45) is 5.23. The highest BCUT2D eigenvalue weighted by Crippen LogP contribution is 2.27. The number of amidine groups is 1. The van der Waals surface area contributed by atoms with Gasteiger partial charge in [-0.15, -0.1) is 0 Å². The molecule has 0 spiro atoms. The zero-order valence-corrected chi connectivity index (χ0v) is 21.6. The van der Waals surface area contributed by atoms with Gasteiger partial charge in [-0.2, -0.15) is 8.78 Å². The van der Waals surface area contributed by atoms with Gasteiger partial charge in [0.15, 0.2) is 0 Å². The van der Waals surface area contributed by atoms with E-state index in [4.69, 9.17) is 5.73 Å².